The predicted octanol–water partition coefficient (Wildman–Crippen LogP) is 2.07. The van der Waals surface area contributed by atoms with E-state index in [0.29, 0.717) is 23.8 Å². The van der Waals surface area contributed by atoms with Gasteiger partial charge in [-0.1, -0.05) is 18.6 Å². The van der Waals surface area contributed by atoms with E-state index in [4.69, 9.17) is 5.73 Å². The number of pyridine rings is 1. The van der Waals surface area contributed by atoms with E-state index in [1.54, 1.807) is 18.3 Å². The third-order valence-electron chi connectivity index (χ3n) is 3.99. The van der Waals surface area contributed by atoms with Crippen LogP contribution in [0.5, 0.6) is 0 Å². The molecule has 0 saturated carbocycles. The molecule has 2 heterocycles. The van der Waals surface area contributed by atoms with Gasteiger partial charge >= 0.3 is 0 Å². The van der Waals surface area contributed by atoms with Crippen molar-refractivity contribution in [3.8, 4) is 0 Å². The first-order chi connectivity index (χ1) is 10.6. The molecule has 1 aromatic rings. The molecule has 1 saturated heterocycles. The fourth-order valence-corrected chi connectivity index (χ4v) is 2.92. The highest BCUT2D eigenvalue weighted by atomic mass is 16.1. The van der Waals surface area contributed by atoms with Gasteiger partial charge in [0.25, 0.3) is 5.91 Å². The van der Waals surface area contributed by atoms with Gasteiger partial charge in [-0.2, -0.15) is 0 Å². The molecule has 0 aliphatic carbocycles. The summed E-state index contributed by atoms with van der Waals surface area (Å²) in [7, 11) is 0. The van der Waals surface area contributed by atoms with Crippen LogP contribution < -0.4 is 11.1 Å². The number of allylic oxidation sites excluding steroid dienone is 1. The SMILES string of the molecule is CC/C=C(\C)CN1CC[C@@H](CNC(=O)c2ccnc(N)c2)C1. The summed E-state index contributed by atoms with van der Waals surface area (Å²) in [6.45, 7) is 8.27. The zero-order chi connectivity index (χ0) is 15.9. The molecule has 0 aromatic carbocycles. The second kappa shape index (κ2) is 7.94. The molecule has 5 heteroatoms. The van der Waals surface area contributed by atoms with Crippen LogP contribution in [0.2, 0.25) is 0 Å². The van der Waals surface area contributed by atoms with E-state index in [-0.39, 0.29) is 5.91 Å². The summed E-state index contributed by atoms with van der Waals surface area (Å²) in [4.78, 5) is 18.4. The summed E-state index contributed by atoms with van der Waals surface area (Å²) < 4.78 is 0. The normalized spacial score (nSPS) is 19.4. The Balaban J connectivity index is 1.76. The topological polar surface area (TPSA) is 71.2 Å². The molecule has 1 amide bonds. The lowest BCUT2D eigenvalue weighted by molar-refractivity contribution is 0.0947. The van der Waals surface area contributed by atoms with Gasteiger partial charge in [0, 0.05) is 31.4 Å². The first kappa shape index (κ1) is 16.5. The summed E-state index contributed by atoms with van der Waals surface area (Å²) in [5.74, 6) is 0.824. The number of anilines is 1. The number of likely N-dealkylation sites (tertiary alicyclic amines) is 1. The van der Waals surface area contributed by atoms with Crippen LogP contribution in [0.25, 0.3) is 0 Å². The van der Waals surface area contributed by atoms with Crippen molar-refractivity contribution >= 4 is 11.7 Å². The minimum atomic E-state index is -0.0744. The summed E-state index contributed by atoms with van der Waals surface area (Å²) in [5.41, 5.74) is 7.60. The van der Waals surface area contributed by atoms with E-state index in [9.17, 15) is 4.79 Å². The zero-order valence-corrected chi connectivity index (χ0v) is 13.5. The van der Waals surface area contributed by atoms with E-state index >= 15 is 0 Å². The quantitative estimate of drug-likeness (QED) is 0.789. The number of carbonyl (C=O) groups is 1. The molecular weight excluding hydrogens is 276 g/mol. The lowest BCUT2D eigenvalue weighted by Crippen LogP contribution is -2.31. The third-order valence-corrected chi connectivity index (χ3v) is 3.99. The predicted molar refractivity (Wildman–Crippen MR) is 89.6 cm³/mol. The van der Waals surface area contributed by atoms with Crippen LogP contribution in [-0.2, 0) is 0 Å². The molecule has 3 N–H and O–H groups in total. The van der Waals surface area contributed by atoms with Gasteiger partial charge < -0.3 is 11.1 Å². The van der Waals surface area contributed by atoms with Crippen molar-refractivity contribution in [2.75, 3.05) is 31.9 Å². The Hall–Kier alpha value is -1.88. The first-order valence-corrected chi connectivity index (χ1v) is 7.96. The van der Waals surface area contributed by atoms with Gasteiger partial charge in [-0.05, 0) is 44.4 Å². The molecule has 0 unspecified atom stereocenters. The van der Waals surface area contributed by atoms with Crippen molar-refractivity contribution in [1.29, 1.82) is 0 Å². The van der Waals surface area contributed by atoms with Gasteiger partial charge in [0.15, 0.2) is 0 Å². The molecule has 120 valence electrons. The minimum absolute atomic E-state index is 0.0744. The maximum atomic E-state index is 12.1. The molecule has 1 aliphatic heterocycles. The van der Waals surface area contributed by atoms with Gasteiger partial charge in [0.1, 0.15) is 5.82 Å². The summed E-state index contributed by atoms with van der Waals surface area (Å²) in [6.07, 6.45) is 6.07. The van der Waals surface area contributed by atoms with E-state index in [2.05, 4.69) is 35.1 Å². The van der Waals surface area contributed by atoms with Crippen LogP contribution in [-0.4, -0.2) is 42.0 Å². The number of hydrogen-bond donors (Lipinski definition) is 2. The van der Waals surface area contributed by atoms with Crippen molar-refractivity contribution in [2.24, 2.45) is 5.92 Å². The second-order valence-electron chi connectivity index (χ2n) is 6.03. The Labute approximate surface area is 132 Å². The number of amides is 1. The fourth-order valence-electron chi connectivity index (χ4n) is 2.92. The Kier molecular flexibility index (Phi) is 5.95. The molecule has 0 bridgehead atoms. The number of carbonyl (C=O) groups excluding carboxylic acids is 1. The highest BCUT2D eigenvalue weighted by Crippen LogP contribution is 2.17. The van der Waals surface area contributed by atoms with Gasteiger partial charge in [-0.25, -0.2) is 4.98 Å². The van der Waals surface area contributed by atoms with Crippen LogP contribution >= 0.6 is 0 Å². The second-order valence-corrected chi connectivity index (χ2v) is 6.03. The molecule has 5 nitrogen and oxygen atoms in total. The number of nitrogens with zero attached hydrogens (tertiary/aromatic N) is 2. The lowest BCUT2D eigenvalue weighted by Gasteiger charge is -2.16. The van der Waals surface area contributed by atoms with Gasteiger partial charge in [0.05, 0.1) is 0 Å². The highest BCUT2D eigenvalue weighted by Gasteiger charge is 2.22. The molecule has 22 heavy (non-hydrogen) atoms. The number of rotatable bonds is 6. The zero-order valence-electron chi connectivity index (χ0n) is 13.5. The van der Waals surface area contributed by atoms with Crippen molar-refractivity contribution in [3.05, 3.63) is 35.5 Å². The van der Waals surface area contributed by atoms with Gasteiger partial charge in [-0.15, -0.1) is 0 Å². The highest BCUT2D eigenvalue weighted by molar-refractivity contribution is 5.94. The lowest BCUT2D eigenvalue weighted by atomic mass is 10.1. The summed E-state index contributed by atoms with van der Waals surface area (Å²) >= 11 is 0. The number of nitrogens with one attached hydrogen (secondary N) is 1. The van der Waals surface area contributed by atoms with Crippen LogP contribution in [0, 0.1) is 5.92 Å². The summed E-state index contributed by atoms with van der Waals surface area (Å²) in [5, 5.41) is 3.00. The van der Waals surface area contributed by atoms with E-state index in [1.165, 1.54) is 5.57 Å². The first-order valence-electron chi connectivity index (χ1n) is 7.96. The van der Waals surface area contributed by atoms with Crippen molar-refractivity contribution in [3.63, 3.8) is 0 Å². The summed E-state index contributed by atoms with van der Waals surface area (Å²) in [6, 6.07) is 3.29. The molecular formula is C17H26N4O. The molecule has 1 atom stereocenters. The fraction of sp³-hybridized carbons (Fsp3) is 0.529. The molecule has 0 radical (unpaired) electrons. The van der Waals surface area contributed by atoms with Crippen LogP contribution in [0.3, 0.4) is 0 Å². The Bertz CT molecular complexity index is 541. The van der Waals surface area contributed by atoms with Crippen LogP contribution in [0.1, 0.15) is 37.0 Å². The number of nitrogens with two attached hydrogens (primary N) is 1. The van der Waals surface area contributed by atoms with E-state index < -0.39 is 0 Å². The maximum Gasteiger partial charge on any atom is 0.251 e. The maximum absolute atomic E-state index is 12.1. The number of nitrogen functional groups attached to an aromatic ring is 1. The van der Waals surface area contributed by atoms with Crippen molar-refractivity contribution < 1.29 is 4.79 Å². The molecule has 2 rings (SSSR count). The van der Waals surface area contributed by atoms with Crippen molar-refractivity contribution in [2.45, 2.75) is 26.7 Å². The Morgan fingerprint density at radius 3 is 3.14 bits per heavy atom. The van der Waals surface area contributed by atoms with Crippen molar-refractivity contribution in [1.82, 2.24) is 15.2 Å². The average Bonchev–Trinajstić information content (AvgIpc) is 2.92. The largest absolute Gasteiger partial charge is 0.384 e. The van der Waals surface area contributed by atoms with E-state index in [1.807, 2.05) is 0 Å². The Morgan fingerprint density at radius 1 is 1.59 bits per heavy atom. The smallest absolute Gasteiger partial charge is 0.251 e. The monoisotopic (exact) mass is 302 g/mol. The molecule has 1 fully saturated rings. The average molecular weight is 302 g/mol. The number of hydrogen-bond acceptors (Lipinski definition) is 4. The van der Waals surface area contributed by atoms with Gasteiger partial charge in [-0.3, -0.25) is 9.69 Å². The molecule has 1 aromatic heterocycles. The van der Waals surface area contributed by atoms with Crippen LogP contribution in [0.4, 0.5) is 5.82 Å². The Morgan fingerprint density at radius 2 is 2.41 bits per heavy atom. The standard InChI is InChI=1S/C17H26N4O/c1-3-4-13(2)11-21-8-6-14(12-21)10-20-17(22)15-5-7-19-16(18)9-15/h4-5,7,9,14H,3,6,8,10-12H2,1-2H3,(H2,18,19)(H,20,22)/b13-4+/t14-/m0/s1. The minimum Gasteiger partial charge on any atom is -0.384 e. The molecule has 0 spiro atoms. The van der Waals surface area contributed by atoms with Crippen LogP contribution in [0.15, 0.2) is 30.0 Å². The molecule has 1 aliphatic rings. The number of aromatic nitrogens is 1. The van der Waals surface area contributed by atoms with E-state index in [0.717, 1.165) is 32.5 Å². The van der Waals surface area contributed by atoms with Gasteiger partial charge in [0.2, 0.25) is 0 Å². The third kappa shape index (κ3) is 4.84.